The molecule has 2 rings (SSSR count). The lowest BCUT2D eigenvalue weighted by molar-refractivity contribution is 0.301. The maximum absolute atomic E-state index is 3.43. The van der Waals surface area contributed by atoms with E-state index in [1.807, 2.05) is 0 Å². The van der Waals surface area contributed by atoms with Gasteiger partial charge in [0.05, 0.1) is 0 Å². The Morgan fingerprint density at radius 2 is 2.00 bits per heavy atom. The van der Waals surface area contributed by atoms with Crippen LogP contribution >= 0.6 is 0 Å². The predicted octanol–water partition coefficient (Wildman–Crippen LogP) is 3.27. The number of nitrogens with zero attached hydrogens (tertiary/aromatic N) is 1. The van der Waals surface area contributed by atoms with Crippen LogP contribution in [0.4, 0.5) is 5.69 Å². The molecule has 0 amide bonds. The largest absolute Gasteiger partial charge is 0.366 e. The van der Waals surface area contributed by atoms with Crippen LogP contribution in [0.5, 0.6) is 0 Å². The van der Waals surface area contributed by atoms with Crippen LogP contribution in [0.3, 0.4) is 0 Å². The van der Waals surface area contributed by atoms with E-state index >= 15 is 0 Å². The first-order valence-electron chi connectivity index (χ1n) is 6.96. The van der Waals surface area contributed by atoms with E-state index in [0.29, 0.717) is 6.04 Å². The molecule has 1 heterocycles. The Labute approximate surface area is 111 Å². The molecule has 100 valence electrons. The molecule has 2 nitrogen and oxygen atoms in total. The average Bonchev–Trinajstić information content (AvgIpc) is 2.31. The quantitative estimate of drug-likeness (QED) is 0.861. The van der Waals surface area contributed by atoms with Crippen molar-refractivity contribution in [1.82, 2.24) is 5.32 Å². The van der Waals surface area contributed by atoms with Crippen molar-refractivity contribution >= 4 is 5.69 Å². The van der Waals surface area contributed by atoms with Gasteiger partial charge in [0.2, 0.25) is 0 Å². The molecule has 1 fully saturated rings. The summed E-state index contributed by atoms with van der Waals surface area (Å²) in [4.78, 5) is 2.59. The predicted molar refractivity (Wildman–Crippen MR) is 79.4 cm³/mol. The SMILES string of the molecule is CNC1CCN(c2cc(C)ccc2C)C(C)(C)C1. The molecule has 18 heavy (non-hydrogen) atoms. The normalized spacial score (nSPS) is 23.2. The highest BCUT2D eigenvalue weighted by atomic mass is 15.2. The molecule has 0 spiro atoms. The average molecular weight is 246 g/mol. The number of anilines is 1. The maximum atomic E-state index is 3.43. The summed E-state index contributed by atoms with van der Waals surface area (Å²) in [6, 6.07) is 7.43. The second-order valence-electron chi connectivity index (χ2n) is 6.23. The van der Waals surface area contributed by atoms with Gasteiger partial charge in [-0.2, -0.15) is 0 Å². The number of piperidine rings is 1. The summed E-state index contributed by atoms with van der Waals surface area (Å²) < 4.78 is 0. The summed E-state index contributed by atoms with van der Waals surface area (Å²) in [5.74, 6) is 0. The van der Waals surface area contributed by atoms with E-state index in [-0.39, 0.29) is 5.54 Å². The lowest BCUT2D eigenvalue weighted by Crippen LogP contribution is -2.54. The van der Waals surface area contributed by atoms with Crippen LogP contribution in [-0.2, 0) is 0 Å². The molecule has 0 radical (unpaired) electrons. The van der Waals surface area contributed by atoms with Crippen LogP contribution in [0.2, 0.25) is 0 Å². The van der Waals surface area contributed by atoms with Gasteiger partial charge in [0.1, 0.15) is 0 Å². The summed E-state index contributed by atoms with van der Waals surface area (Å²) in [6.45, 7) is 10.3. The van der Waals surface area contributed by atoms with E-state index in [1.165, 1.54) is 29.7 Å². The van der Waals surface area contributed by atoms with Gasteiger partial charge in [-0.3, -0.25) is 0 Å². The number of rotatable bonds is 2. The smallest absolute Gasteiger partial charge is 0.0403 e. The Morgan fingerprint density at radius 3 is 2.61 bits per heavy atom. The Hall–Kier alpha value is -1.02. The first kappa shape index (κ1) is 13.4. The maximum Gasteiger partial charge on any atom is 0.0403 e. The molecule has 0 bridgehead atoms. The van der Waals surface area contributed by atoms with Crippen molar-refractivity contribution in [2.75, 3.05) is 18.5 Å². The third kappa shape index (κ3) is 2.54. The van der Waals surface area contributed by atoms with Crippen molar-refractivity contribution < 1.29 is 0 Å². The van der Waals surface area contributed by atoms with Crippen molar-refractivity contribution in [3.05, 3.63) is 29.3 Å². The minimum Gasteiger partial charge on any atom is -0.366 e. The van der Waals surface area contributed by atoms with Crippen LogP contribution in [0.15, 0.2) is 18.2 Å². The Kier molecular flexibility index (Phi) is 3.67. The fourth-order valence-corrected chi connectivity index (χ4v) is 3.11. The zero-order valence-electron chi connectivity index (χ0n) is 12.4. The molecule has 0 aromatic heterocycles. The van der Waals surface area contributed by atoms with Gasteiger partial charge in [0.25, 0.3) is 0 Å². The number of nitrogens with one attached hydrogen (secondary N) is 1. The molecule has 1 unspecified atom stereocenters. The summed E-state index contributed by atoms with van der Waals surface area (Å²) in [5, 5.41) is 3.43. The topological polar surface area (TPSA) is 15.3 Å². The van der Waals surface area contributed by atoms with Gasteiger partial charge in [-0.15, -0.1) is 0 Å². The van der Waals surface area contributed by atoms with E-state index < -0.39 is 0 Å². The summed E-state index contributed by atoms with van der Waals surface area (Å²) >= 11 is 0. The summed E-state index contributed by atoms with van der Waals surface area (Å²) in [6.07, 6.45) is 2.43. The molecule has 1 atom stereocenters. The Morgan fingerprint density at radius 1 is 1.28 bits per heavy atom. The zero-order valence-corrected chi connectivity index (χ0v) is 12.4. The molecule has 1 aromatic rings. The second-order valence-corrected chi connectivity index (χ2v) is 6.23. The number of aryl methyl sites for hydroxylation is 2. The van der Waals surface area contributed by atoms with Gasteiger partial charge in [0, 0.05) is 23.8 Å². The first-order chi connectivity index (χ1) is 8.44. The highest BCUT2D eigenvalue weighted by Crippen LogP contribution is 2.34. The lowest BCUT2D eigenvalue weighted by atomic mass is 9.86. The summed E-state index contributed by atoms with van der Waals surface area (Å²) in [7, 11) is 2.08. The van der Waals surface area contributed by atoms with Crippen LogP contribution in [0, 0.1) is 13.8 Å². The Bertz CT molecular complexity index is 423. The van der Waals surface area contributed by atoms with Gasteiger partial charge < -0.3 is 10.2 Å². The monoisotopic (exact) mass is 246 g/mol. The van der Waals surface area contributed by atoms with Gasteiger partial charge in [-0.25, -0.2) is 0 Å². The van der Waals surface area contributed by atoms with E-state index in [9.17, 15) is 0 Å². The molecule has 2 heteroatoms. The molecule has 1 aliphatic rings. The minimum atomic E-state index is 0.227. The molecule has 0 saturated carbocycles. The van der Waals surface area contributed by atoms with Crippen LogP contribution in [0.25, 0.3) is 0 Å². The number of hydrogen-bond acceptors (Lipinski definition) is 2. The van der Waals surface area contributed by atoms with E-state index in [2.05, 4.69) is 63.2 Å². The Balaban J connectivity index is 2.30. The van der Waals surface area contributed by atoms with Gasteiger partial charge in [0.15, 0.2) is 0 Å². The molecular formula is C16H26N2. The fraction of sp³-hybridized carbons (Fsp3) is 0.625. The fourth-order valence-electron chi connectivity index (χ4n) is 3.11. The van der Waals surface area contributed by atoms with Gasteiger partial charge >= 0.3 is 0 Å². The zero-order chi connectivity index (χ0) is 13.3. The van der Waals surface area contributed by atoms with Crippen molar-refractivity contribution in [3.63, 3.8) is 0 Å². The number of benzene rings is 1. The van der Waals surface area contributed by atoms with Crippen molar-refractivity contribution in [1.29, 1.82) is 0 Å². The molecule has 1 saturated heterocycles. The standard InChI is InChI=1S/C16H26N2/c1-12-6-7-13(2)15(10-12)18-9-8-14(17-5)11-16(18,3)4/h6-7,10,14,17H,8-9,11H2,1-5H3. The molecule has 1 aromatic carbocycles. The van der Waals surface area contributed by atoms with Crippen molar-refractivity contribution in [2.24, 2.45) is 0 Å². The third-order valence-electron chi connectivity index (χ3n) is 4.24. The molecular weight excluding hydrogens is 220 g/mol. The second kappa shape index (κ2) is 4.93. The van der Waals surface area contributed by atoms with Crippen LogP contribution < -0.4 is 10.2 Å². The van der Waals surface area contributed by atoms with E-state index in [4.69, 9.17) is 0 Å². The highest BCUT2D eigenvalue weighted by molar-refractivity contribution is 5.57. The van der Waals surface area contributed by atoms with Crippen molar-refractivity contribution in [3.8, 4) is 0 Å². The molecule has 1 aliphatic heterocycles. The van der Waals surface area contributed by atoms with Gasteiger partial charge in [-0.05, 0) is 64.8 Å². The number of hydrogen-bond donors (Lipinski definition) is 1. The van der Waals surface area contributed by atoms with Crippen molar-refractivity contribution in [2.45, 2.75) is 52.1 Å². The first-order valence-corrected chi connectivity index (χ1v) is 6.96. The third-order valence-corrected chi connectivity index (χ3v) is 4.24. The summed E-state index contributed by atoms with van der Waals surface area (Å²) in [5.41, 5.74) is 4.37. The molecule has 0 aliphatic carbocycles. The van der Waals surface area contributed by atoms with Crippen LogP contribution in [-0.4, -0.2) is 25.2 Å². The van der Waals surface area contributed by atoms with Gasteiger partial charge in [-0.1, -0.05) is 12.1 Å². The van der Waals surface area contributed by atoms with E-state index in [0.717, 1.165) is 6.54 Å². The van der Waals surface area contributed by atoms with Crippen LogP contribution in [0.1, 0.15) is 37.8 Å². The van der Waals surface area contributed by atoms with E-state index in [1.54, 1.807) is 0 Å². The molecule has 1 N–H and O–H groups in total. The minimum absolute atomic E-state index is 0.227. The highest BCUT2D eigenvalue weighted by Gasteiger charge is 2.34. The lowest BCUT2D eigenvalue weighted by Gasteiger charge is -2.47.